The van der Waals surface area contributed by atoms with E-state index in [1.165, 1.54) is 35.5 Å². The highest BCUT2D eigenvalue weighted by molar-refractivity contribution is 7.89. The van der Waals surface area contributed by atoms with Crippen LogP contribution in [0.25, 0.3) is 0 Å². The van der Waals surface area contributed by atoms with Crippen molar-refractivity contribution in [2.24, 2.45) is 0 Å². The van der Waals surface area contributed by atoms with Gasteiger partial charge in [0.05, 0.1) is 23.8 Å². The SMILES string of the molecule is Cc1noc(C(C)C)c1C(=O)O[C@@H](C)C(=O)Nc1ccc(S(=O)(=O)N2CCOCC2)cc1. The Morgan fingerprint density at radius 3 is 2.34 bits per heavy atom. The monoisotopic (exact) mass is 465 g/mol. The molecule has 2 heterocycles. The van der Waals surface area contributed by atoms with Crippen LogP contribution >= 0.6 is 0 Å². The molecule has 1 aliphatic rings. The predicted octanol–water partition coefficient (Wildman–Crippen LogP) is 2.31. The van der Waals surface area contributed by atoms with Crippen LogP contribution in [0, 0.1) is 6.92 Å². The summed E-state index contributed by atoms with van der Waals surface area (Å²) in [5.74, 6) is -0.920. The molecule has 174 valence electrons. The first kappa shape index (κ1) is 23.9. The number of hydrogen-bond donors (Lipinski definition) is 1. The molecule has 1 aliphatic heterocycles. The molecule has 0 aliphatic carbocycles. The van der Waals surface area contributed by atoms with Gasteiger partial charge in [-0.15, -0.1) is 0 Å². The van der Waals surface area contributed by atoms with Gasteiger partial charge in [0.15, 0.2) is 11.9 Å². The second kappa shape index (κ2) is 9.80. The molecule has 1 aromatic carbocycles. The Labute approximate surface area is 186 Å². The fourth-order valence-electron chi connectivity index (χ4n) is 3.19. The third kappa shape index (κ3) is 5.17. The summed E-state index contributed by atoms with van der Waals surface area (Å²) in [5.41, 5.74) is 0.989. The summed E-state index contributed by atoms with van der Waals surface area (Å²) in [6, 6.07) is 5.82. The van der Waals surface area contributed by atoms with Gasteiger partial charge in [-0.3, -0.25) is 4.79 Å². The molecule has 0 radical (unpaired) electrons. The quantitative estimate of drug-likeness (QED) is 0.617. The van der Waals surface area contributed by atoms with Crippen molar-refractivity contribution in [2.75, 3.05) is 31.6 Å². The largest absolute Gasteiger partial charge is 0.449 e. The molecule has 2 aromatic rings. The minimum Gasteiger partial charge on any atom is -0.449 e. The fraction of sp³-hybridized carbons (Fsp3) is 0.476. The number of carbonyl (C=O) groups excluding carboxylic acids is 2. The van der Waals surface area contributed by atoms with E-state index in [-0.39, 0.29) is 16.4 Å². The molecule has 1 amide bonds. The number of esters is 1. The van der Waals surface area contributed by atoms with Crippen molar-refractivity contribution in [3.63, 3.8) is 0 Å². The third-order valence-electron chi connectivity index (χ3n) is 5.00. The summed E-state index contributed by atoms with van der Waals surface area (Å²) in [7, 11) is -3.62. The van der Waals surface area contributed by atoms with Gasteiger partial charge in [-0.1, -0.05) is 19.0 Å². The molecular formula is C21H27N3O7S. The topological polar surface area (TPSA) is 128 Å². The Bertz CT molecular complexity index is 1070. The molecule has 1 aromatic heterocycles. The molecule has 0 bridgehead atoms. The second-order valence-corrected chi connectivity index (χ2v) is 9.68. The Hall–Kier alpha value is -2.76. The lowest BCUT2D eigenvalue weighted by Gasteiger charge is -2.26. The first-order valence-electron chi connectivity index (χ1n) is 10.3. The Kier molecular flexibility index (Phi) is 7.32. The van der Waals surface area contributed by atoms with Crippen LogP contribution in [0.5, 0.6) is 0 Å². The second-order valence-electron chi connectivity index (χ2n) is 7.74. The summed E-state index contributed by atoms with van der Waals surface area (Å²) < 4.78 is 42.4. The van der Waals surface area contributed by atoms with Crippen LogP contribution in [0.15, 0.2) is 33.7 Å². The van der Waals surface area contributed by atoms with Crippen molar-refractivity contribution in [2.45, 2.75) is 44.6 Å². The molecule has 0 spiro atoms. The Morgan fingerprint density at radius 2 is 1.75 bits per heavy atom. The molecule has 11 heteroatoms. The van der Waals surface area contributed by atoms with Crippen LogP contribution < -0.4 is 5.32 Å². The van der Waals surface area contributed by atoms with Crippen molar-refractivity contribution >= 4 is 27.6 Å². The molecule has 1 N–H and O–H groups in total. The van der Waals surface area contributed by atoms with Crippen molar-refractivity contribution in [3.8, 4) is 0 Å². The highest BCUT2D eigenvalue weighted by atomic mass is 32.2. The van der Waals surface area contributed by atoms with Gasteiger partial charge in [0, 0.05) is 24.7 Å². The first-order valence-corrected chi connectivity index (χ1v) is 11.7. The van der Waals surface area contributed by atoms with Crippen molar-refractivity contribution in [3.05, 3.63) is 41.3 Å². The number of aryl methyl sites for hydroxylation is 1. The number of ether oxygens (including phenoxy) is 2. The van der Waals surface area contributed by atoms with E-state index < -0.39 is 28.0 Å². The van der Waals surface area contributed by atoms with E-state index in [2.05, 4.69) is 10.5 Å². The lowest BCUT2D eigenvalue weighted by Crippen LogP contribution is -2.40. The van der Waals surface area contributed by atoms with E-state index in [1.807, 2.05) is 13.8 Å². The molecule has 0 unspecified atom stereocenters. The lowest BCUT2D eigenvalue weighted by molar-refractivity contribution is -0.123. The zero-order valence-corrected chi connectivity index (χ0v) is 19.3. The maximum absolute atomic E-state index is 12.7. The van der Waals surface area contributed by atoms with Gasteiger partial charge in [0.1, 0.15) is 5.56 Å². The van der Waals surface area contributed by atoms with Gasteiger partial charge in [-0.25, -0.2) is 13.2 Å². The van der Waals surface area contributed by atoms with Crippen LogP contribution in [-0.4, -0.2) is 62.2 Å². The van der Waals surface area contributed by atoms with Gasteiger partial charge in [-0.05, 0) is 38.1 Å². The summed E-state index contributed by atoms with van der Waals surface area (Å²) in [5, 5.41) is 6.42. The van der Waals surface area contributed by atoms with E-state index in [4.69, 9.17) is 14.0 Å². The van der Waals surface area contributed by atoms with E-state index >= 15 is 0 Å². The van der Waals surface area contributed by atoms with Crippen LogP contribution in [0.4, 0.5) is 5.69 Å². The third-order valence-corrected chi connectivity index (χ3v) is 6.91. The van der Waals surface area contributed by atoms with Crippen molar-refractivity contribution in [1.29, 1.82) is 0 Å². The summed E-state index contributed by atoms with van der Waals surface area (Å²) in [4.78, 5) is 25.2. The number of sulfonamides is 1. The molecule has 3 rings (SSSR count). The molecular weight excluding hydrogens is 438 g/mol. The number of aromatic nitrogens is 1. The van der Waals surface area contributed by atoms with Gasteiger partial charge in [-0.2, -0.15) is 4.31 Å². The Balaban J connectivity index is 1.63. The van der Waals surface area contributed by atoms with E-state index in [0.29, 0.717) is 43.4 Å². The zero-order chi connectivity index (χ0) is 23.5. The van der Waals surface area contributed by atoms with Crippen LogP contribution in [0.3, 0.4) is 0 Å². The number of nitrogens with one attached hydrogen (secondary N) is 1. The average molecular weight is 466 g/mol. The number of amides is 1. The summed E-state index contributed by atoms with van der Waals surface area (Å²) in [6.45, 7) is 8.10. The smallest absolute Gasteiger partial charge is 0.344 e. The first-order chi connectivity index (χ1) is 15.1. The number of hydrogen-bond acceptors (Lipinski definition) is 8. The number of rotatable bonds is 7. The van der Waals surface area contributed by atoms with Crippen LogP contribution in [0.1, 0.15) is 48.5 Å². The minimum absolute atomic E-state index is 0.0739. The van der Waals surface area contributed by atoms with Crippen LogP contribution in [-0.2, 0) is 24.3 Å². The number of nitrogens with zero attached hydrogens (tertiary/aromatic N) is 2. The molecule has 1 fully saturated rings. The average Bonchev–Trinajstić information content (AvgIpc) is 3.16. The summed E-state index contributed by atoms with van der Waals surface area (Å²) in [6.07, 6.45) is -1.09. The van der Waals surface area contributed by atoms with E-state index in [0.717, 1.165) is 0 Å². The van der Waals surface area contributed by atoms with Crippen molar-refractivity contribution < 1.29 is 32.0 Å². The molecule has 1 atom stereocenters. The maximum atomic E-state index is 12.7. The number of carbonyl (C=O) groups is 2. The van der Waals surface area contributed by atoms with Gasteiger partial charge in [0.2, 0.25) is 10.0 Å². The highest BCUT2D eigenvalue weighted by Gasteiger charge is 2.28. The number of morpholine rings is 1. The number of anilines is 1. The molecule has 1 saturated heterocycles. The van der Waals surface area contributed by atoms with Gasteiger partial charge >= 0.3 is 5.97 Å². The van der Waals surface area contributed by atoms with Crippen molar-refractivity contribution in [1.82, 2.24) is 9.46 Å². The minimum atomic E-state index is -3.62. The zero-order valence-electron chi connectivity index (χ0n) is 18.5. The molecule has 32 heavy (non-hydrogen) atoms. The highest BCUT2D eigenvalue weighted by Crippen LogP contribution is 2.24. The lowest BCUT2D eigenvalue weighted by atomic mass is 10.1. The number of benzene rings is 1. The molecule has 10 nitrogen and oxygen atoms in total. The summed E-state index contributed by atoms with van der Waals surface area (Å²) >= 11 is 0. The fourth-order valence-corrected chi connectivity index (χ4v) is 4.60. The van der Waals surface area contributed by atoms with E-state index in [1.54, 1.807) is 6.92 Å². The standard InChI is InChI=1S/C21H27N3O7S/c1-13(2)19-18(14(3)23-31-19)21(26)30-15(4)20(25)22-16-5-7-17(8-6-16)32(27,28)24-9-11-29-12-10-24/h5-8,13,15H,9-12H2,1-4H3,(H,22,25)/t15-/m0/s1. The Morgan fingerprint density at radius 1 is 1.12 bits per heavy atom. The van der Waals surface area contributed by atoms with Gasteiger partial charge < -0.3 is 19.3 Å². The predicted molar refractivity (Wildman–Crippen MR) is 115 cm³/mol. The van der Waals surface area contributed by atoms with Crippen LogP contribution in [0.2, 0.25) is 0 Å². The maximum Gasteiger partial charge on any atom is 0.344 e. The molecule has 0 saturated carbocycles. The van der Waals surface area contributed by atoms with E-state index in [9.17, 15) is 18.0 Å². The normalized spacial score (nSPS) is 16.0. The van der Waals surface area contributed by atoms with Gasteiger partial charge in [0.25, 0.3) is 5.91 Å².